The summed E-state index contributed by atoms with van der Waals surface area (Å²) in [6.07, 6.45) is 3.96. The Morgan fingerprint density at radius 2 is 1.97 bits per heavy atom. The molecule has 2 heterocycles. The predicted molar refractivity (Wildman–Crippen MR) is 124 cm³/mol. The van der Waals surface area contributed by atoms with Crippen molar-refractivity contribution < 1.29 is 14.6 Å². The van der Waals surface area contributed by atoms with Gasteiger partial charge in [0.2, 0.25) is 0 Å². The van der Waals surface area contributed by atoms with Crippen LogP contribution in [0.2, 0.25) is 0 Å². The van der Waals surface area contributed by atoms with Crippen LogP contribution in [0.4, 0.5) is 5.69 Å². The molecule has 1 aliphatic rings. The van der Waals surface area contributed by atoms with Gasteiger partial charge in [0.05, 0.1) is 17.8 Å². The molecule has 2 aromatic carbocycles. The Morgan fingerprint density at radius 1 is 1.19 bits per heavy atom. The summed E-state index contributed by atoms with van der Waals surface area (Å²) in [5, 5.41) is 14.1. The molecule has 1 saturated heterocycles. The number of pyridine rings is 1. The lowest BCUT2D eigenvalue weighted by Gasteiger charge is -2.24. The Morgan fingerprint density at radius 3 is 2.71 bits per heavy atom. The van der Waals surface area contributed by atoms with E-state index >= 15 is 0 Å². The maximum atomic E-state index is 12.7. The lowest BCUT2D eigenvalue weighted by molar-refractivity contribution is 0.0527. The van der Waals surface area contributed by atoms with Gasteiger partial charge in [-0.1, -0.05) is 25.1 Å². The largest absolute Gasteiger partial charge is 0.508 e. The molecule has 3 aromatic rings. The molecule has 162 valence electrons. The number of phenolic OH excluding ortho intramolecular Hbond substituents is 1. The van der Waals surface area contributed by atoms with E-state index in [2.05, 4.69) is 22.1 Å². The van der Waals surface area contributed by atoms with Crippen molar-refractivity contribution in [1.82, 2.24) is 9.88 Å². The van der Waals surface area contributed by atoms with E-state index in [0.717, 1.165) is 53.8 Å². The highest BCUT2D eigenvalue weighted by Crippen LogP contribution is 2.32. The SMILES string of the molecule is CCOC(=O)c1cnc2ccc(-c3ccc(O)cc3)cc2c1NCC1CCCN1CC. The highest BCUT2D eigenvalue weighted by molar-refractivity contribution is 6.05. The number of likely N-dealkylation sites (tertiary alicyclic amines) is 1. The minimum absolute atomic E-state index is 0.232. The number of anilines is 1. The molecule has 0 saturated carbocycles. The number of phenols is 1. The fourth-order valence-electron chi connectivity index (χ4n) is 4.34. The molecule has 1 aliphatic heterocycles. The van der Waals surface area contributed by atoms with Gasteiger partial charge in [0.15, 0.2) is 0 Å². The van der Waals surface area contributed by atoms with Crippen molar-refractivity contribution >= 4 is 22.6 Å². The molecular weight excluding hydrogens is 390 g/mol. The highest BCUT2D eigenvalue weighted by atomic mass is 16.5. The van der Waals surface area contributed by atoms with Gasteiger partial charge in [-0.15, -0.1) is 0 Å². The van der Waals surface area contributed by atoms with Gasteiger partial charge < -0.3 is 15.2 Å². The van der Waals surface area contributed by atoms with Gasteiger partial charge in [-0.2, -0.15) is 0 Å². The molecule has 4 rings (SSSR count). The van der Waals surface area contributed by atoms with E-state index in [-0.39, 0.29) is 11.7 Å². The summed E-state index contributed by atoms with van der Waals surface area (Å²) in [7, 11) is 0. The number of aromatic hydroxyl groups is 1. The Labute approximate surface area is 182 Å². The lowest BCUT2D eigenvalue weighted by atomic mass is 10.0. The molecule has 1 unspecified atom stereocenters. The number of hydrogen-bond donors (Lipinski definition) is 2. The number of likely N-dealkylation sites (N-methyl/N-ethyl adjacent to an activating group) is 1. The standard InChI is InChI=1S/C25H29N3O3/c1-3-28-13-5-6-19(28)15-27-24-21-14-18(17-7-10-20(29)11-8-17)9-12-23(21)26-16-22(24)25(30)31-4-2/h7-12,14,16,19,29H,3-6,13,15H2,1-2H3,(H,26,27). The van der Waals surface area contributed by atoms with Gasteiger partial charge in [0.25, 0.3) is 0 Å². The summed E-state index contributed by atoms with van der Waals surface area (Å²) in [5.74, 6) is -0.136. The van der Waals surface area contributed by atoms with E-state index in [1.807, 2.05) is 30.3 Å². The van der Waals surface area contributed by atoms with Crippen LogP contribution < -0.4 is 5.32 Å². The summed E-state index contributed by atoms with van der Waals surface area (Å²) < 4.78 is 5.30. The zero-order valence-corrected chi connectivity index (χ0v) is 18.1. The summed E-state index contributed by atoms with van der Waals surface area (Å²) in [6.45, 7) is 7.22. The molecule has 6 heteroatoms. The first-order valence-electron chi connectivity index (χ1n) is 11.0. The predicted octanol–water partition coefficient (Wildman–Crippen LogP) is 4.68. The van der Waals surface area contributed by atoms with E-state index in [1.165, 1.54) is 6.42 Å². The second-order valence-electron chi connectivity index (χ2n) is 7.85. The van der Waals surface area contributed by atoms with Crippen molar-refractivity contribution in [2.75, 3.05) is 31.6 Å². The van der Waals surface area contributed by atoms with Crippen LogP contribution in [-0.4, -0.2) is 53.2 Å². The van der Waals surface area contributed by atoms with Gasteiger partial charge in [-0.3, -0.25) is 9.88 Å². The third kappa shape index (κ3) is 4.49. The Bertz CT molecular complexity index is 1070. The molecule has 0 radical (unpaired) electrons. The maximum Gasteiger partial charge on any atom is 0.341 e. The first-order valence-corrected chi connectivity index (χ1v) is 11.0. The molecule has 0 spiro atoms. The van der Waals surface area contributed by atoms with Gasteiger partial charge in [0.1, 0.15) is 11.3 Å². The molecular formula is C25H29N3O3. The topological polar surface area (TPSA) is 74.7 Å². The van der Waals surface area contributed by atoms with Crippen LogP contribution >= 0.6 is 0 Å². The molecule has 0 aliphatic carbocycles. The second-order valence-corrected chi connectivity index (χ2v) is 7.85. The summed E-state index contributed by atoms with van der Waals surface area (Å²) in [4.78, 5) is 19.7. The molecule has 0 bridgehead atoms. The van der Waals surface area contributed by atoms with Crippen LogP contribution in [0.1, 0.15) is 37.0 Å². The van der Waals surface area contributed by atoms with Gasteiger partial charge in [-0.25, -0.2) is 4.79 Å². The molecule has 2 N–H and O–H groups in total. The summed E-state index contributed by atoms with van der Waals surface area (Å²) in [6, 6.07) is 13.6. The smallest absolute Gasteiger partial charge is 0.341 e. The van der Waals surface area contributed by atoms with E-state index in [4.69, 9.17) is 4.74 Å². The van der Waals surface area contributed by atoms with Crippen LogP contribution in [0.25, 0.3) is 22.0 Å². The fourth-order valence-corrected chi connectivity index (χ4v) is 4.34. The monoisotopic (exact) mass is 419 g/mol. The molecule has 6 nitrogen and oxygen atoms in total. The Balaban J connectivity index is 1.75. The van der Waals surface area contributed by atoms with Crippen molar-refractivity contribution in [3.05, 3.63) is 54.2 Å². The first-order chi connectivity index (χ1) is 15.1. The average molecular weight is 420 g/mol. The van der Waals surface area contributed by atoms with Crippen molar-refractivity contribution in [3.63, 3.8) is 0 Å². The fraction of sp³-hybridized carbons (Fsp3) is 0.360. The van der Waals surface area contributed by atoms with Crippen molar-refractivity contribution in [3.8, 4) is 16.9 Å². The van der Waals surface area contributed by atoms with Crippen molar-refractivity contribution in [2.45, 2.75) is 32.7 Å². The number of aromatic nitrogens is 1. The van der Waals surface area contributed by atoms with Crippen LogP contribution in [0.3, 0.4) is 0 Å². The molecule has 1 aromatic heterocycles. The third-order valence-corrected chi connectivity index (χ3v) is 5.98. The molecule has 1 atom stereocenters. The van der Waals surface area contributed by atoms with Crippen LogP contribution in [0.5, 0.6) is 5.75 Å². The summed E-state index contributed by atoms with van der Waals surface area (Å²) in [5.41, 5.74) is 4.02. The number of nitrogens with zero attached hydrogens (tertiary/aromatic N) is 2. The van der Waals surface area contributed by atoms with Crippen LogP contribution in [0.15, 0.2) is 48.7 Å². The number of hydrogen-bond acceptors (Lipinski definition) is 6. The number of carbonyl (C=O) groups is 1. The number of ether oxygens (including phenoxy) is 1. The number of esters is 1. The van der Waals surface area contributed by atoms with Crippen molar-refractivity contribution in [2.24, 2.45) is 0 Å². The zero-order chi connectivity index (χ0) is 21.8. The van der Waals surface area contributed by atoms with E-state index in [9.17, 15) is 9.90 Å². The molecule has 0 amide bonds. The van der Waals surface area contributed by atoms with E-state index in [0.29, 0.717) is 18.2 Å². The third-order valence-electron chi connectivity index (χ3n) is 5.98. The molecule has 31 heavy (non-hydrogen) atoms. The van der Waals surface area contributed by atoms with Crippen molar-refractivity contribution in [1.29, 1.82) is 0 Å². The summed E-state index contributed by atoms with van der Waals surface area (Å²) >= 11 is 0. The molecule has 1 fully saturated rings. The maximum absolute atomic E-state index is 12.7. The number of benzene rings is 2. The normalized spacial score (nSPS) is 16.5. The first kappa shape index (κ1) is 21.1. The van der Waals surface area contributed by atoms with E-state index < -0.39 is 0 Å². The Hall–Kier alpha value is -3.12. The number of fused-ring (bicyclic) bond motifs is 1. The minimum Gasteiger partial charge on any atom is -0.508 e. The van der Waals surface area contributed by atoms with Gasteiger partial charge in [-0.05, 0) is 68.2 Å². The number of carbonyl (C=O) groups excluding carboxylic acids is 1. The Kier molecular flexibility index (Phi) is 6.37. The van der Waals surface area contributed by atoms with Crippen LogP contribution in [0, 0.1) is 0 Å². The quantitative estimate of drug-likeness (QED) is 0.542. The van der Waals surface area contributed by atoms with Gasteiger partial charge >= 0.3 is 5.97 Å². The minimum atomic E-state index is -0.367. The number of rotatable bonds is 7. The second kappa shape index (κ2) is 9.35. The number of nitrogens with one attached hydrogen (secondary N) is 1. The lowest BCUT2D eigenvalue weighted by Crippen LogP contribution is -2.35. The van der Waals surface area contributed by atoms with Gasteiger partial charge in [0, 0.05) is 24.2 Å². The van der Waals surface area contributed by atoms with E-state index in [1.54, 1.807) is 25.3 Å². The average Bonchev–Trinajstić information content (AvgIpc) is 3.25. The zero-order valence-electron chi connectivity index (χ0n) is 18.1. The van der Waals surface area contributed by atoms with Crippen LogP contribution in [-0.2, 0) is 4.74 Å². The highest BCUT2D eigenvalue weighted by Gasteiger charge is 2.24.